The monoisotopic (exact) mass is 277 g/mol. The van der Waals surface area contributed by atoms with Crippen LogP contribution in [0.15, 0.2) is 35.0 Å². The Morgan fingerprint density at radius 2 is 2.10 bits per heavy atom. The van der Waals surface area contributed by atoms with Crippen molar-refractivity contribution in [1.82, 2.24) is 10.5 Å². The summed E-state index contributed by atoms with van der Waals surface area (Å²) in [6.45, 7) is 0.116. The number of carbonyl (C=O) groups is 2. The summed E-state index contributed by atoms with van der Waals surface area (Å²) in [4.78, 5) is 22.4. The highest BCUT2D eigenvalue weighted by molar-refractivity contribution is 5.97. The molecular formula is C12H11N3O5. The zero-order chi connectivity index (χ0) is 14.5. The van der Waals surface area contributed by atoms with Crippen LogP contribution in [-0.4, -0.2) is 27.4 Å². The van der Waals surface area contributed by atoms with Crippen LogP contribution in [0.1, 0.15) is 16.1 Å². The van der Waals surface area contributed by atoms with Gasteiger partial charge in [0.1, 0.15) is 5.56 Å². The predicted octanol–water partition coefficient (Wildman–Crippen LogP) is 1.40. The molecule has 0 radical (unpaired) electrons. The molecule has 0 unspecified atom stereocenters. The number of phenols is 1. The van der Waals surface area contributed by atoms with Crippen molar-refractivity contribution in [1.29, 1.82) is 0 Å². The van der Waals surface area contributed by atoms with E-state index in [9.17, 15) is 14.7 Å². The van der Waals surface area contributed by atoms with Crippen molar-refractivity contribution < 1.29 is 24.3 Å². The quantitative estimate of drug-likeness (QED) is 0.626. The van der Waals surface area contributed by atoms with Gasteiger partial charge in [-0.05, 0) is 12.1 Å². The summed E-state index contributed by atoms with van der Waals surface area (Å²) in [6, 6.07) is 5.00. The maximum Gasteiger partial charge on any atom is 0.339 e. The molecule has 104 valence electrons. The van der Waals surface area contributed by atoms with Gasteiger partial charge in [0.25, 0.3) is 0 Å². The molecule has 1 heterocycles. The zero-order valence-corrected chi connectivity index (χ0v) is 10.2. The van der Waals surface area contributed by atoms with Gasteiger partial charge in [-0.25, -0.2) is 9.59 Å². The Morgan fingerprint density at radius 3 is 2.75 bits per heavy atom. The lowest BCUT2D eigenvalue weighted by Crippen LogP contribution is -2.28. The van der Waals surface area contributed by atoms with Gasteiger partial charge < -0.3 is 25.4 Å². The van der Waals surface area contributed by atoms with Gasteiger partial charge in [0.05, 0.1) is 18.4 Å². The van der Waals surface area contributed by atoms with E-state index in [1.165, 1.54) is 24.4 Å². The number of urea groups is 1. The minimum Gasteiger partial charge on any atom is -0.505 e. The Kier molecular flexibility index (Phi) is 3.85. The highest BCUT2D eigenvalue weighted by Crippen LogP contribution is 2.27. The highest BCUT2D eigenvalue weighted by atomic mass is 16.5. The fraction of sp³-hybridized carbons (Fsp3) is 0.0833. The number of hydrogen-bond donors (Lipinski definition) is 4. The van der Waals surface area contributed by atoms with E-state index in [0.29, 0.717) is 5.76 Å². The number of amides is 2. The topological polar surface area (TPSA) is 125 Å². The van der Waals surface area contributed by atoms with Crippen molar-refractivity contribution in [3.63, 3.8) is 0 Å². The number of rotatable bonds is 4. The second-order valence-corrected chi connectivity index (χ2v) is 3.79. The molecule has 0 bridgehead atoms. The van der Waals surface area contributed by atoms with Crippen molar-refractivity contribution in [2.75, 3.05) is 5.32 Å². The molecule has 0 saturated carbocycles. The number of benzene rings is 1. The molecular weight excluding hydrogens is 266 g/mol. The number of nitrogens with zero attached hydrogens (tertiary/aromatic N) is 1. The molecule has 0 spiro atoms. The Balaban J connectivity index is 2.01. The largest absolute Gasteiger partial charge is 0.505 e. The van der Waals surface area contributed by atoms with Gasteiger partial charge in [-0.2, -0.15) is 0 Å². The first-order chi connectivity index (χ1) is 9.58. The lowest BCUT2D eigenvalue weighted by atomic mass is 10.2. The highest BCUT2D eigenvalue weighted by Gasteiger charge is 2.14. The fourth-order valence-corrected chi connectivity index (χ4v) is 1.48. The summed E-state index contributed by atoms with van der Waals surface area (Å²) in [7, 11) is 0. The number of carboxylic acid groups (broad SMARTS) is 1. The lowest BCUT2D eigenvalue weighted by molar-refractivity contribution is 0.0693. The van der Waals surface area contributed by atoms with Crippen LogP contribution >= 0.6 is 0 Å². The SMILES string of the molecule is O=C(NCc1ccno1)Nc1cccc(C(=O)O)c1O. The smallest absolute Gasteiger partial charge is 0.339 e. The average molecular weight is 277 g/mol. The van der Waals surface area contributed by atoms with Gasteiger partial charge in [0.15, 0.2) is 11.5 Å². The van der Waals surface area contributed by atoms with E-state index in [0.717, 1.165) is 0 Å². The van der Waals surface area contributed by atoms with E-state index in [1.54, 1.807) is 6.07 Å². The lowest BCUT2D eigenvalue weighted by Gasteiger charge is -2.09. The summed E-state index contributed by atoms with van der Waals surface area (Å²) in [6.07, 6.45) is 1.44. The van der Waals surface area contributed by atoms with Gasteiger partial charge in [0.2, 0.25) is 0 Å². The second kappa shape index (κ2) is 5.74. The second-order valence-electron chi connectivity index (χ2n) is 3.79. The number of carboxylic acids is 1. The number of aromatic carboxylic acids is 1. The van der Waals surface area contributed by atoms with Gasteiger partial charge >= 0.3 is 12.0 Å². The van der Waals surface area contributed by atoms with E-state index in [-0.39, 0.29) is 17.8 Å². The molecule has 0 aliphatic rings. The molecule has 20 heavy (non-hydrogen) atoms. The Labute approximate surface area is 113 Å². The molecule has 0 saturated heterocycles. The maximum atomic E-state index is 11.6. The standard InChI is InChI=1S/C12H11N3O5/c16-10-8(11(17)18)2-1-3-9(10)15-12(19)13-6-7-4-5-14-20-7/h1-5,16H,6H2,(H,17,18)(H2,13,15,19). The van der Waals surface area contributed by atoms with Crippen LogP contribution in [-0.2, 0) is 6.54 Å². The van der Waals surface area contributed by atoms with E-state index < -0.39 is 17.7 Å². The summed E-state index contributed by atoms with van der Waals surface area (Å²) < 4.78 is 4.79. The Hall–Kier alpha value is -3.03. The molecule has 2 aromatic rings. The van der Waals surface area contributed by atoms with Crippen molar-refractivity contribution in [2.24, 2.45) is 0 Å². The number of para-hydroxylation sites is 1. The molecule has 8 heteroatoms. The summed E-state index contributed by atoms with van der Waals surface area (Å²) in [5.41, 5.74) is -0.294. The van der Waals surface area contributed by atoms with Crippen molar-refractivity contribution in [3.05, 3.63) is 41.8 Å². The van der Waals surface area contributed by atoms with Gasteiger partial charge in [-0.15, -0.1) is 0 Å². The van der Waals surface area contributed by atoms with Crippen LogP contribution in [0.3, 0.4) is 0 Å². The average Bonchev–Trinajstić information content (AvgIpc) is 2.91. The van der Waals surface area contributed by atoms with Crippen LogP contribution in [0, 0.1) is 0 Å². The first-order valence-corrected chi connectivity index (χ1v) is 5.57. The van der Waals surface area contributed by atoms with E-state index in [2.05, 4.69) is 15.8 Å². The summed E-state index contributed by atoms with van der Waals surface area (Å²) in [5.74, 6) is -1.33. The third-order valence-electron chi connectivity index (χ3n) is 2.43. The minimum atomic E-state index is -1.28. The normalized spacial score (nSPS) is 10.0. The first kappa shape index (κ1) is 13.4. The fourth-order valence-electron chi connectivity index (χ4n) is 1.48. The molecule has 2 amide bonds. The van der Waals surface area contributed by atoms with Crippen LogP contribution in [0.4, 0.5) is 10.5 Å². The number of hydrogen-bond acceptors (Lipinski definition) is 5. The Morgan fingerprint density at radius 1 is 1.30 bits per heavy atom. The molecule has 0 aliphatic carbocycles. The van der Waals surface area contributed by atoms with Gasteiger partial charge in [-0.1, -0.05) is 11.2 Å². The number of aromatic hydroxyl groups is 1. The third-order valence-corrected chi connectivity index (χ3v) is 2.43. The van der Waals surface area contributed by atoms with Crippen LogP contribution in [0.5, 0.6) is 5.75 Å². The van der Waals surface area contributed by atoms with Gasteiger partial charge in [0, 0.05) is 6.07 Å². The van der Waals surface area contributed by atoms with E-state index >= 15 is 0 Å². The zero-order valence-electron chi connectivity index (χ0n) is 10.2. The van der Waals surface area contributed by atoms with Crippen molar-refractivity contribution >= 4 is 17.7 Å². The molecule has 0 aliphatic heterocycles. The number of aromatic nitrogens is 1. The van der Waals surface area contributed by atoms with Crippen molar-refractivity contribution in [3.8, 4) is 5.75 Å². The molecule has 1 aromatic heterocycles. The predicted molar refractivity (Wildman–Crippen MR) is 67.4 cm³/mol. The van der Waals surface area contributed by atoms with E-state index in [1.807, 2.05) is 0 Å². The summed E-state index contributed by atoms with van der Waals surface area (Å²) >= 11 is 0. The van der Waals surface area contributed by atoms with E-state index in [4.69, 9.17) is 9.63 Å². The van der Waals surface area contributed by atoms with Gasteiger partial charge in [-0.3, -0.25) is 0 Å². The minimum absolute atomic E-state index is 0.0000279. The number of carbonyl (C=O) groups excluding carboxylic acids is 1. The molecule has 8 nitrogen and oxygen atoms in total. The number of nitrogens with one attached hydrogen (secondary N) is 2. The third kappa shape index (κ3) is 3.05. The van der Waals surface area contributed by atoms with Crippen molar-refractivity contribution in [2.45, 2.75) is 6.54 Å². The molecule has 2 rings (SSSR count). The Bertz CT molecular complexity index is 624. The maximum absolute atomic E-state index is 11.6. The molecule has 1 aromatic carbocycles. The molecule has 0 fully saturated rings. The van der Waals surface area contributed by atoms with Crippen LogP contribution < -0.4 is 10.6 Å². The molecule has 0 atom stereocenters. The number of anilines is 1. The summed E-state index contributed by atoms with van der Waals surface area (Å²) in [5, 5.41) is 26.8. The molecule has 4 N–H and O–H groups in total. The van der Waals surface area contributed by atoms with Crippen LogP contribution in [0.2, 0.25) is 0 Å². The first-order valence-electron chi connectivity index (χ1n) is 5.57. The van der Waals surface area contributed by atoms with Crippen LogP contribution in [0.25, 0.3) is 0 Å².